The summed E-state index contributed by atoms with van der Waals surface area (Å²) in [6.07, 6.45) is 4.35. The second kappa shape index (κ2) is 5.80. The van der Waals surface area contributed by atoms with E-state index >= 15 is 0 Å². The van der Waals surface area contributed by atoms with Crippen LogP contribution in [-0.2, 0) is 0 Å². The predicted octanol–water partition coefficient (Wildman–Crippen LogP) is 2.59. The molecular weight excluding hydrogens is 286 g/mol. The van der Waals surface area contributed by atoms with E-state index in [4.69, 9.17) is 0 Å². The predicted molar refractivity (Wildman–Crippen MR) is 91.8 cm³/mol. The summed E-state index contributed by atoms with van der Waals surface area (Å²) in [4.78, 5) is 18.7. The Kier molecular flexibility index (Phi) is 3.63. The Labute approximate surface area is 137 Å². The first-order valence-corrected chi connectivity index (χ1v) is 8.45. The van der Waals surface area contributed by atoms with Crippen LogP contribution in [0.3, 0.4) is 0 Å². The molecule has 0 saturated carbocycles. The zero-order chi connectivity index (χ0) is 15.8. The fraction of sp³-hybridized carbons (Fsp3) is 0.500. The maximum atomic E-state index is 4.69. The topological polar surface area (TPSA) is 45.2 Å². The third kappa shape index (κ3) is 2.76. The van der Waals surface area contributed by atoms with Crippen molar-refractivity contribution in [1.82, 2.24) is 15.0 Å². The number of hydrogen-bond acceptors (Lipinski definition) is 5. The lowest BCUT2D eigenvalue weighted by Crippen LogP contribution is -2.49. The summed E-state index contributed by atoms with van der Waals surface area (Å²) in [5.74, 6) is 2.73. The van der Waals surface area contributed by atoms with Gasteiger partial charge in [0.05, 0.1) is 6.04 Å². The third-order valence-electron chi connectivity index (χ3n) is 5.06. The number of aromatic nitrogens is 3. The monoisotopic (exact) mass is 309 g/mol. The van der Waals surface area contributed by atoms with Crippen molar-refractivity contribution in [1.29, 1.82) is 0 Å². The fourth-order valence-electron chi connectivity index (χ4n) is 3.97. The van der Waals surface area contributed by atoms with Gasteiger partial charge in [-0.1, -0.05) is 6.07 Å². The van der Waals surface area contributed by atoms with Crippen molar-refractivity contribution in [3.63, 3.8) is 0 Å². The lowest BCUT2D eigenvalue weighted by atomic mass is 9.92. The quantitative estimate of drug-likeness (QED) is 0.853. The van der Waals surface area contributed by atoms with Gasteiger partial charge in [-0.15, -0.1) is 0 Å². The standard InChI is InChI=1S/C18H23N5/c1-13-11-14(2)21-18(20-13)23-10-7-15-6-9-22(12-16(15)23)17-5-3-4-8-19-17/h3-5,8,11,15-16H,6-7,9-10,12H2,1-2H3. The molecule has 2 aromatic heterocycles. The van der Waals surface area contributed by atoms with Crippen LogP contribution in [-0.4, -0.2) is 40.6 Å². The van der Waals surface area contributed by atoms with Crippen molar-refractivity contribution in [2.24, 2.45) is 5.92 Å². The minimum atomic E-state index is 0.493. The Morgan fingerprint density at radius 1 is 1.04 bits per heavy atom. The van der Waals surface area contributed by atoms with Crippen LogP contribution in [0, 0.1) is 19.8 Å². The minimum Gasteiger partial charge on any atom is -0.355 e. The summed E-state index contributed by atoms with van der Waals surface area (Å²) >= 11 is 0. The van der Waals surface area contributed by atoms with Crippen LogP contribution in [0.25, 0.3) is 0 Å². The molecule has 0 spiro atoms. The first-order valence-electron chi connectivity index (χ1n) is 8.45. The van der Waals surface area contributed by atoms with Crippen molar-refractivity contribution in [2.45, 2.75) is 32.7 Å². The molecule has 0 N–H and O–H groups in total. The van der Waals surface area contributed by atoms with E-state index in [1.54, 1.807) is 0 Å². The molecule has 2 aromatic rings. The number of pyridine rings is 1. The van der Waals surface area contributed by atoms with Crippen LogP contribution in [0.15, 0.2) is 30.5 Å². The summed E-state index contributed by atoms with van der Waals surface area (Å²) in [5, 5.41) is 0. The normalized spacial score (nSPS) is 23.9. The summed E-state index contributed by atoms with van der Waals surface area (Å²) in [6, 6.07) is 8.67. The van der Waals surface area contributed by atoms with E-state index in [-0.39, 0.29) is 0 Å². The van der Waals surface area contributed by atoms with Crippen LogP contribution in [0.5, 0.6) is 0 Å². The molecular formula is C18H23N5. The van der Waals surface area contributed by atoms with Crippen LogP contribution in [0.1, 0.15) is 24.2 Å². The maximum Gasteiger partial charge on any atom is 0.226 e. The van der Waals surface area contributed by atoms with Crippen LogP contribution in [0.2, 0.25) is 0 Å². The Balaban J connectivity index is 1.59. The molecule has 2 atom stereocenters. The van der Waals surface area contributed by atoms with Crippen molar-refractivity contribution < 1.29 is 0 Å². The maximum absolute atomic E-state index is 4.69. The number of hydrogen-bond donors (Lipinski definition) is 0. The summed E-state index contributed by atoms with van der Waals surface area (Å²) in [6.45, 7) is 7.27. The SMILES string of the molecule is Cc1cc(C)nc(N2CCC3CCN(c4ccccn4)CC32)n1. The van der Waals surface area contributed by atoms with Gasteiger partial charge in [0.2, 0.25) is 5.95 Å². The number of aryl methyl sites for hydroxylation is 2. The smallest absolute Gasteiger partial charge is 0.226 e. The summed E-state index contributed by atoms with van der Waals surface area (Å²) in [5.41, 5.74) is 2.10. The number of nitrogens with zero attached hydrogens (tertiary/aromatic N) is 5. The average Bonchev–Trinajstić information content (AvgIpc) is 2.98. The fourth-order valence-corrected chi connectivity index (χ4v) is 3.97. The van der Waals surface area contributed by atoms with Crippen LogP contribution in [0.4, 0.5) is 11.8 Å². The van der Waals surface area contributed by atoms with Crippen molar-refractivity contribution in [3.05, 3.63) is 41.9 Å². The average molecular weight is 309 g/mol. The molecule has 0 radical (unpaired) electrons. The molecule has 2 unspecified atom stereocenters. The summed E-state index contributed by atoms with van der Waals surface area (Å²) in [7, 11) is 0. The van der Waals surface area contributed by atoms with E-state index in [1.165, 1.54) is 12.8 Å². The van der Waals surface area contributed by atoms with Gasteiger partial charge < -0.3 is 9.80 Å². The van der Waals surface area contributed by atoms with Gasteiger partial charge in [-0.2, -0.15) is 0 Å². The van der Waals surface area contributed by atoms with E-state index in [0.717, 1.165) is 48.7 Å². The lowest BCUT2D eigenvalue weighted by molar-refractivity contribution is 0.387. The first-order chi connectivity index (χ1) is 11.2. The molecule has 0 aromatic carbocycles. The Morgan fingerprint density at radius 3 is 2.57 bits per heavy atom. The van der Waals surface area contributed by atoms with Crippen LogP contribution >= 0.6 is 0 Å². The van der Waals surface area contributed by atoms with E-state index in [9.17, 15) is 0 Å². The van der Waals surface area contributed by atoms with Crippen molar-refractivity contribution >= 4 is 11.8 Å². The molecule has 0 aliphatic carbocycles. The molecule has 2 aliphatic rings. The molecule has 5 nitrogen and oxygen atoms in total. The van der Waals surface area contributed by atoms with Gasteiger partial charge in [-0.25, -0.2) is 15.0 Å². The number of anilines is 2. The number of rotatable bonds is 2. The van der Waals surface area contributed by atoms with Gasteiger partial charge in [0.1, 0.15) is 5.82 Å². The molecule has 2 saturated heterocycles. The molecule has 2 fully saturated rings. The van der Waals surface area contributed by atoms with E-state index < -0.39 is 0 Å². The second-order valence-corrected chi connectivity index (χ2v) is 6.68. The molecule has 4 heterocycles. The highest BCUT2D eigenvalue weighted by Gasteiger charge is 2.39. The van der Waals surface area contributed by atoms with Crippen LogP contribution < -0.4 is 9.80 Å². The van der Waals surface area contributed by atoms with Crippen molar-refractivity contribution in [2.75, 3.05) is 29.4 Å². The lowest BCUT2D eigenvalue weighted by Gasteiger charge is -2.39. The molecule has 2 aliphatic heterocycles. The van der Waals surface area contributed by atoms with Gasteiger partial charge in [-0.3, -0.25) is 0 Å². The van der Waals surface area contributed by atoms with E-state index in [0.29, 0.717) is 6.04 Å². The van der Waals surface area contributed by atoms with E-state index in [1.807, 2.05) is 32.2 Å². The highest BCUT2D eigenvalue weighted by molar-refractivity contribution is 5.43. The van der Waals surface area contributed by atoms with Gasteiger partial charge in [0, 0.05) is 37.2 Å². The Bertz CT molecular complexity index is 667. The number of piperidine rings is 1. The molecule has 5 heteroatoms. The Hall–Kier alpha value is -2.17. The molecule has 0 amide bonds. The highest BCUT2D eigenvalue weighted by atomic mass is 15.3. The zero-order valence-corrected chi connectivity index (χ0v) is 13.8. The van der Waals surface area contributed by atoms with Gasteiger partial charge >= 0.3 is 0 Å². The molecule has 23 heavy (non-hydrogen) atoms. The Morgan fingerprint density at radius 2 is 1.83 bits per heavy atom. The summed E-state index contributed by atoms with van der Waals surface area (Å²) < 4.78 is 0. The molecule has 0 bridgehead atoms. The zero-order valence-electron chi connectivity index (χ0n) is 13.8. The van der Waals surface area contributed by atoms with Gasteiger partial charge in [0.25, 0.3) is 0 Å². The largest absolute Gasteiger partial charge is 0.355 e. The van der Waals surface area contributed by atoms with Gasteiger partial charge in [-0.05, 0) is 50.8 Å². The second-order valence-electron chi connectivity index (χ2n) is 6.68. The van der Waals surface area contributed by atoms with Crippen molar-refractivity contribution in [3.8, 4) is 0 Å². The minimum absolute atomic E-state index is 0.493. The molecule has 4 rings (SSSR count). The van der Waals surface area contributed by atoms with E-state index in [2.05, 4.69) is 36.9 Å². The van der Waals surface area contributed by atoms with Gasteiger partial charge in [0.15, 0.2) is 0 Å². The molecule has 120 valence electrons. The first kappa shape index (κ1) is 14.4. The third-order valence-corrected chi connectivity index (χ3v) is 5.06. The highest BCUT2D eigenvalue weighted by Crippen LogP contribution is 2.35. The number of fused-ring (bicyclic) bond motifs is 1.